The molecule has 1 atom stereocenters. The van der Waals surface area contributed by atoms with Crippen LogP contribution in [0, 0.1) is 5.92 Å². The number of carboxylic acids is 1. The van der Waals surface area contributed by atoms with E-state index in [1.54, 1.807) is 11.0 Å². The van der Waals surface area contributed by atoms with Gasteiger partial charge >= 0.3 is 5.97 Å². The fourth-order valence-corrected chi connectivity index (χ4v) is 8.07. The van der Waals surface area contributed by atoms with Gasteiger partial charge in [-0.3, -0.25) is 9.59 Å². The van der Waals surface area contributed by atoms with Gasteiger partial charge in [0.25, 0.3) is 5.91 Å². The highest BCUT2D eigenvalue weighted by Crippen LogP contribution is 2.42. The van der Waals surface area contributed by atoms with E-state index in [1.165, 1.54) is 35.6 Å². The zero-order valence-corrected chi connectivity index (χ0v) is 23.7. The lowest BCUT2D eigenvalue weighted by molar-refractivity contribution is -0.121. The van der Waals surface area contributed by atoms with E-state index in [0.29, 0.717) is 11.3 Å². The zero-order chi connectivity index (χ0) is 28.4. The summed E-state index contributed by atoms with van der Waals surface area (Å²) >= 11 is 1.12. The van der Waals surface area contributed by atoms with E-state index in [4.69, 9.17) is 0 Å². The largest absolute Gasteiger partial charge is 0.477 e. The molecule has 1 saturated heterocycles. The summed E-state index contributed by atoms with van der Waals surface area (Å²) in [5.74, 6) is -1.87. The number of thiophene rings is 1. The average Bonchev–Trinajstić information content (AvgIpc) is 3.43. The van der Waals surface area contributed by atoms with E-state index in [-0.39, 0.29) is 28.1 Å². The fourth-order valence-electron chi connectivity index (χ4n) is 5.67. The number of sulfonamides is 1. The molecule has 40 heavy (non-hydrogen) atoms. The van der Waals surface area contributed by atoms with Crippen molar-refractivity contribution in [3.05, 3.63) is 71.1 Å². The van der Waals surface area contributed by atoms with Gasteiger partial charge in [0.05, 0.1) is 23.2 Å². The van der Waals surface area contributed by atoms with Gasteiger partial charge < -0.3 is 15.3 Å². The Balaban J connectivity index is 1.52. The molecule has 11 heteroatoms. The number of rotatable bonds is 7. The number of anilines is 1. The standard InChI is InChI=1S/C29H31N3O6S2/c1-30-28(34)21-12-14-22(15-13-21)40(37,38)31-17-24(19-8-4-2-5-9-19)32(26(33)18-31)23-16-25(39-27(23)29(35)36)20-10-6-3-7-11-20/h3,6-7,10-16,19,24H,2,4-5,8-9,17-18H2,1H3,(H,30,34)(H,35,36). The normalized spacial score (nSPS) is 19.0. The summed E-state index contributed by atoms with van der Waals surface area (Å²) in [7, 11) is -2.55. The van der Waals surface area contributed by atoms with Gasteiger partial charge in [0, 0.05) is 24.0 Å². The van der Waals surface area contributed by atoms with Crippen molar-refractivity contribution in [2.45, 2.75) is 43.0 Å². The molecule has 1 aliphatic heterocycles. The minimum absolute atomic E-state index is 0.00285. The Morgan fingerprint density at radius 2 is 1.68 bits per heavy atom. The molecule has 0 spiro atoms. The van der Waals surface area contributed by atoms with Crippen LogP contribution in [0.2, 0.25) is 0 Å². The van der Waals surface area contributed by atoms with Crippen LogP contribution in [0.1, 0.15) is 52.1 Å². The van der Waals surface area contributed by atoms with E-state index < -0.39 is 34.5 Å². The van der Waals surface area contributed by atoms with Gasteiger partial charge in [-0.15, -0.1) is 11.3 Å². The minimum Gasteiger partial charge on any atom is -0.477 e. The second-order valence-corrected chi connectivity index (χ2v) is 13.1. The van der Waals surface area contributed by atoms with Crippen LogP contribution in [0.25, 0.3) is 10.4 Å². The first-order valence-electron chi connectivity index (χ1n) is 13.3. The summed E-state index contributed by atoms with van der Waals surface area (Å²) in [5.41, 5.74) is 1.50. The van der Waals surface area contributed by atoms with E-state index in [2.05, 4.69) is 5.32 Å². The van der Waals surface area contributed by atoms with Gasteiger partial charge in [-0.2, -0.15) is 4.31 Å². The van der Waals surface area contributed by atoms with Crippen molar-refractivity contribution in [3.8, 4) is 10.4 Å². The van der Waals surface area contributed by atoms with E-state index >= 15 is 0 Å². The Kier molecular flexibility index (Phi) is 8.07. The number of nitrogens with one attached hydrogen (secondary N) is 1. The van der Waals surface area contributed by atoms with Crippen molar-refractivity contribution in [3.63, 3.8) is 0 Å². The van der Waals surface area contributed by atoms with Gasteiger partial charge in [0.15, 0.2) is 0 Å². The molecule has 1 aromatic heterocycles. The third kappa shape index (κ3) is 5.41. The maximum absolute atomic E-state index is 13.8. The first-order chi connectivity index (χ1) is 19.2. The predicted molar refractivity (Wildman–Crippen MR) is 153 cm³/mol. The molecule has 2 amide bonds. The number of nitrogens with zero attached hydrogens (tertiary/aromatic N) is 2. The monoisotopic (exact) mass is 581 g/mol. The van der Waals surface area contributed by atoms with Gasteiger partial charge in [-0.1, -0.05) is 49.6 Å². The Hall–Kier alpha value is -3.54. The SMILES string of the molecule is CNC(=O)c1ccc(S(=O)(=O)N2CC(=O)N(c3cc(-c4ccccc4)sc3C(=O)O)C(C3CCCCC3)C2)cc1. The number of benzene rings is 2. The fraction of sp³-hybridized carbons (Fsp3) is 0.345. The van der Waals surface area contributed by atoms with Crippen molar-refractivity contribution >= 4 is 44.8 Å². The molecular weight excluding hydrogens is 550 g/mol. The summed E-state index contributed by atoms with van der Waals surface area (Å²) in [6.45, 7) is -0.343. The van der Waals surface area contributed by atoms with Crippen LogP contribution in [-0.2, 0) is 14.8 Å². The molecule has 5 rings (SSSR count). The molecule has 2 fully saturated rings. The first-order valence-corrected chi connectivity index (χ1v) is 15.5. The minimum atomic E-state index is -4.05. The highest BCUT2D eigenvalue weighted by Gasteiger charge is 2.44. The molecule has 1 saturated carbocycles. The zero-order valence-electron chi connectivity index (χ0n) is 22.1. The Bertz CT molecular complexity index is 1510. The van der Waals surface area contributed by atoms with Gasteiger partial charge in [-0.25, -0.2) is 13.2 Å². The highest BCUT2D eigenvalue weighted by molar-refractivity contribution is 7.89. The highest BCUT2D eigenvalue weighted by atomic mass is 32.2. The Labute approximate surface area is 237 Å². The summed E-state index contributed by atoms with van der Waals surface area (Å²) in [6, 6.07) is 16.3. The molecule has 210 valence electrons. The summed E-state index contributed by atoms with van der Waals surface area (Å²) in [6.07, 6.45) is 4.69. The van der Waals surface area contributed by atoms with Crippen LogP contribution in [0.5, 0.6) is 0 Å². The summed E-state index contributed by atoms with van der Waals surface area (Å²) in [4.78, 5) is 40.4. The van der Waals surface area contributed by atoms with Crippen molar-refractivity contribution in [1.29, 1.82) is 0 Å². The molecule has 3 aromatic rings. The smallest absolute Gasteiger partial charge is 0.348 e. The molecule has 2 heterocycles. The maximum atomic E-state index is 13.8. The van der Waals surface area contributed by atoms with E-state index in [9.17, 15) is 27.9 Å². The number of amides is 2. The molecular formula is C29H31N3O6S2. The topological polar surface area (TPSA) is 124 Å². The lowest BCUT2D eigenvalue weighted by Gasteiger charge is -2.44. The number of hydrogen-bond acceptors (Lipinski definition) is 6. The molecule has 1 aliphatic carbocycles. The average molecular weight is 582 g/mol. The molecule has 2 N–H and O–H groups in total. The summed E-state index contributed by atoms with van der Waals surface area (Å²) in [5, 5.41) is 12.6. The van der Waals surface area contributed by atoms with Crippen LogP contribution in [0.15, 0.2) is 65.6 Å². The van der Waals surface area contributed by atoms with E-state index in [1.807, 2.05) is 30.3 Å². The quantitative estimate of drug-likeness (QED) is 0.425. The van der Waals surface area contributed by atoms with Crippen LogP contribution < -0.4 is 10.2 Å². The summed E-state index contributed by atoms with van der Waals surface area (Å²) < 4.78 is 28.6. The molecule has 9 nitrogen and oxygen atoms in total. The number of hydrogen-bond donors (Lipinski definition) is 2. The molecule has 0 bridgehead atoms. The third-order valence-corrected chi connectivity index (χ3v) is 10.7. The lowest BCUT2D eigenvalue weighted by atomic mass is 9.82. The van der Waals surface area contributed by atoms with Crippen molar-refractivity contribution in [2.24, 2.45) is 5.92 Å². The first kappa shape index (κ1) is 28.0. The Morgan fingerprint density at radius 3 is 2.30 bits per heavy atom. The molecule has 2 aliphatic rings. The van der Waals surface area contributed by atoms with Crippen LogP contribution in [-0.4, -0.2) is 61.8 Å². The second-order valence-electron chi connectivity index (χ2n) is 10.1. The van der Waals surface area contributed by atoms with Crippen molar-refractivity contribution in [1.82, 2.24) is 9.62 Å². The number of piperazine rings is 1. The molecule has 1 unspecified atom stereocenters. The lowest BCUT2D eigenvalue weighted by Crippen LogP contribution is -2.60. The maximum Gasteiger partial charge on any atom is 0.348 e. The van der Waals surface area contributed by atoms with Gasteiger partial charge in [0.1, 0.15) is 4.88 Å². The number of carboxylic acid groups (broad SMARTS) is 1. The predicted octanol–water partition coefficient (Wildman–Crippen LogP) is 4.46. The van der Waals surface area contributed by atoms with Crippen molar-refractivity contribution < 1.29 is 27.9 Å². The molecule has 0 radical (unpaired) electrons. The van der Waals surface area contributed by atoms with Gasteiger partial charge in [-0.05, 0) is 54.7 Å². The van der Waals surface area contributed by atoms with Crippen molar-refractivity contribution in [2.75, 3.05) is 25.0 Å². The third-order valence-electron chi connectivity index (χ3n) is 7.70. The van der Waals surface area contributed by atoms with Crippen LogP contribution in [0.3, 0.4) is 0 Å². The van der Waals surface area contributed by atoms with E-state index in [0.717, 1.165) is 53.9 Å². The number of aromatic carboxylic acids is 1. The van der Waals surface area contributed by atoms with Crippen LogP contribution >= 0.6 is 11.3 Å². The van der Waals surface area contributed by atoms with Gasteiger partial charge in [0.2, 0.25) is 15.9 Å². The number of carbonyl (C=O) groups is 3. The molecule has 2 aromatic carbocycles. The Morgan fingerprint density at radius 1 is 1.00 bits per heavy atom. The van der Waals surface area contributed by atoms with Crippen LogP contribution in [0.4, 0.5) is 5.69 Å². The second kappa shape index (κ2) is 11.5. The number of carbonyl (C=O) groups excluding carboxylic acids is 2.